The Kier molecular flexibility index (Phi) is 2.60. The van der Waals surface area contributed by atoms with Gasteiger partial charge in [0.15, 0.2) is 0 Å². The van der Waals surface area contributed by atoms with Crippen molar-refractivity contribution in [2.24, 2.45) is 4.99 Å². The molecule has 2 nitrogen and oxygen atoms in total. The number of nitrogens with zero attached hydrogens (tertiary/aromatic N) is 2. The quantitative estimate of drug-likeness (QED) is 0.657. The van der Waals surface area contributed by atoms with Gasteiger partial charge < -0.3 is 0 Å². The van der Waals surface area contributed by atoms with Gasteiger partial charge in [-0.25, -0.2) is 4.99 Å². The normalized spacial score (nSPS) is 15.8. The molecule has 0 saturated heterocycles. The zero-order chi connectivity index (χ0) is 11.8. The Balaban J connectivity index is 2.37. The van der Waals surface area contributed by atoms with Crippen LogP contribution in [0, 0.1) is 11.3 Å². The summed E-state index contributed by atoms with van der Waals surface area (Å²) in [5.74, 6) is 0. The first-order valence-electron chi connectivity index (χ1n) is 4.78. The molecule has 1 aliphatic rings. The smallest absolute Gasteiger partial charge is 0.138 e. The average Bonchev–Trinajstić information content (AvgIpc) is 2.92. The molecule has 0 spiro atoms. The number of allylic oxidation sites excluding steroid dienone is 1. The molecule has 82 valence electrons. The second-order valence-corrected chi connectivity index (χ2v) is 5.30. The zero-order valence-electron chi connectivity index (χ0n) is 8.48. The molecule has 0 atom stereocenters. The number of nitriles is 1. The highest BCUT2D eigenvalue weighted by atomic mass is 35.5. The van der Waals surface area contributed by atoms with Crippen LogP contribution in [-0.2, 0) is 0 Å². The van der Waals surface area contributed by atoms with Gasteiger partial charge in [0, 0.05) is 44.5 Å². The van der Waals surface area contributed by atoms with Crippen LogP contribution in [-0.4, -0.2) is 5.17 Å². The van der Waals surface area contributed by atoms with Crippen LogP contribution < -0.4 is 0 Å². The molecule has 0 bridgehead atoms. The Hall–Kier alpha value is -1.41. The topological polar surface area (TPSA) is 36.1 Å². The van der Waals surface area contributed by atoms with Crippen molar-refractivity contribution < 1.29 is 0 Å². The second kappa shape index (κ2) is 4.11. The fourth-order valence-electron chi connectivity index (χ4n) is 1.77. The lowest BCUT2D eigenvalue weighted by Crippen LogP contribution is -1.91. The molecule has 0 aromatic carbocycles. The molecule has 0 unspecified atom stereocenters. The van der Waals surface area contributed by atoms with Crippen LogP contribution >= 0.6 is 34.3 Å². The molecule has 0 N–H and O–H groups in total. The molecule has 1 aliphatic heterocycles. The third-order valence-corrected chi connectivity index (χ3v) is 4.30. The Bertz CT molecular complexity index is 685. The van der Waals surface area contributed by atoms with Gasteiger partial charge in [0.05, 0.1) is 11.8 Å². The first-order valence-corrected chi connectivity index (χ1v) is 7.05. The third-order valence-electron chi connectivity index (χ3n) is 2.53. The van der Waals surface area contributed by atoms with Gasteiger partial charge in [-0.15, -0.1) is 11.3 Å². The van der Waals surface area contributed by atoms with Crippen molar-refractivity contribution in [3.05, 3.63) is 44.3 Å². The second-order valence-electron chi connectivity index (χ2n) is 3.46. The zero-order valence-corrected chi connectivity index (χ0v) is 10.9. The molecule has 0 saturated carbocycles. The SMILES string of the molecule is N#CC=C1c2cscc2N=C(Cl)c2cscc21. The molecule has 5 heteroatoms. The summed E-state index contributed by atoms with van der Waals surface area (Å²) in [6.07, 6.45) is 1.56. The molecule has 3 heterocycles. The molecular weight excluding hydrogens is 272 g/mol. The van der Waals surface area contributed by atoms with E-state index in [1.165, 1.54) is 0 Å². The fraction of sp³-hybridized carbons (Fsp3) is 0. The molecule has 2 aromatic heterocycles. The number of aliphatic imine (C=N–C) groups is 1. The van der Waals surface area contributed by atoms with Gasteiger partial charge in [-0.1, -0.05) is 11.6 Å². The highest BCUT2D eigenvalue weighted by Crippen LogP contribution is 2.40. The molecular formula is C12H5ClN2S2. The van der Waals surface area contributed by atoms with Gasteiger partial charge in [0.1, 0.15) is 5.17 Å². The van der Waals surface area contributed by atoms with Crippen molar-refractivity contribution in [2.45, 2.75) is 0 Å². The Morgan fingerprint density at radius 1 is 1.12 bits per heavy atom. The summed E-state index contributed by atoms with van der Waals surface area (Å²) in [5.41, 5.74) is 4.61. The maximum atomic E-state index is 8.91. The monoisotopic (exact) mass is 276 g/mol. The summed E-state index contributed by atoms with van der Waals surface area (Å²) < 4.78 is 0. The van der Waals surface area contributed by atoms with Gasteiger partial charge in [0.25, 0.3) is 0 Å². The van der Waals surface area contributed by atoms with E-state index in [1.54, 1.807) is 28.7 Å². The third kappa shape index (κ3) is 1.64. The molecule has 0 amide bonds. The van der Waals surface area contributed by atoms with Gasteiger partial charge in [-0.3, -0.25) is 0 Å². The Morgan fingerprint density at radius 3 is 2.65 bits per heavy atom. The van der Waals surface area contributed by atoms with Crippen molar-refractivity contribution in [1.82, 2.24) is 0 Å². The summed E-state index contributed by atoms with van der Waals surface area (Å²) >= 11 is 9.32. The minimum Gasteiger partial charge on any atom is -0.235 e. The maximum absolute atomic E-state index is 8.91. The number of rotatable bonds is 0. The summed E-state index contributed by atoms with van der Waals surface area (Å²) in [4.78, 5) is 4.39. The first kappa shape index (κ1) is 10.7. The Labute approximate surface area is 111 Å². The maximum Gasteiger partial charge on any atom is 0.138 e. The Morgan fingerprint density at radius 2 is 1.82 bits per heavy atom. The first-order chi connectivity index (χ1) is 8.31. The molecule has 0 aliphatic carbocycles. The molecule has 17 heavy (non-hydrogen) atoms. The van der Waals surface area contributed by atoms with Crippen LogP contribution in [0.25, 0.3) is 5.57 Å². The average molecular weight is 277 g/mol. The van der Waals surface area contributed by atoms with Crippen molar-refractivity contribution in [2.75, 3.05) is 0 Å². The summed E-state index contributed by atoms with van der Waals surface area (Å²) in [7, 11) is 0. The van der Waals surface area contributed by atoms with Crippen LogP contribution in [0.1, 0.15) is 16.7 Å². The van der Waals surface area contributed by atoms with E-state index in [2.05, 4.69) is 11.1 Å². The summed E-state index contributed by atoms with van der Waals surface area (Å²) in [6, 6.07) is 2.09. The van der Waals surface area contributed by atoms with Crippen LogP contribution in [0.4, 0.5) is 5.69 Å². The molecule has 0 radical (unpaired) electrons. The largest absolute Gasteiger partial charge is 0.235 e. The molecule has 2 aromatic rings. The van der Waals surface area contributed by atoms with Crippen LogP contribution in [0.3, 0.4) is 0 Å². The van der Waals surface area contributed by atoms with Gasteiger partial charge in [-0.2, -0.15) is 16.6 Å². The van der Waals surface area contributed by atoms with E-state index in [0.29, 0.717) is 5.17 Å². The van der Waals surface area contributed by atoms with Crippen LogP contribution in [0.2, 0.25) is 0 Å². The van der Waals surface area contributed by atoms with E-state index in [9.17, 15) is 0 Å². The minimum atomic E-state index is 0.488. The van der Waals surface area contributed by atoms with Gasteiger partial charge >= 0.3 is 0 Å². The molecule has 3 rings (SSSR count). The lowest BCUT2D eigenvalue weighted by molar-refractivity contribution is 1.53. The van der Waals surface area contributed by atoms with Crippen LogP contribution in [0.15, 0.2) is 32.6 Å². The van der Waals surface area contributed by atoms with Crippen molar-refractivity contribution in [1.29, 1.82) is 5.26 Å². The number of hydrogen-bond acceptors (Lipinski definition) is 4. The van der Waals surface area contributed by atoms with Crippen molar-refractivity contribution >= 4 is 50.7 Å². The van der Waals surface area contributed by atoms with E-state index in [-0.39, 0.29) is 0 Å². The van der Waals surface area contributed by atoms with Gasteiger partial charge in [0.2, 0.25) is 0 Å². The number of hydrogen-bond donors (Lipinski definition) is 0. The lowest BCUT2D eigenvalue weighted by Gasteiger charge is -2.02. The van der Waals surface area contributed by atoms with E-state index in [4.69, 9.17) is 16.9 Å². The standard InChI is InChI=1S/C12H5ClN2S2/c13-12-10-5-16-3-8(10)7(1-2-14)9-4-17-6-11(9)15-12/h1,3-6H. The predicted molar refractivity (Wildman–Crippen MR) is 73.4 cm³/mol. The summed E-state index contributed by atoms with van der Waals surface area (Å²) in [5, 5.41) is 17.3. The lowest BCUT2D eigenvalue weighted by atomic mass is 10.00. The minimum absolute atomic E-state index is 0.488. The highest BCUT2D eigenvalue weighted by Gasteiger charge is 2.21. The predicted octanol–water partition coefficient (Wildman–Crippen LogP) is 4.40. The van der Waals surface area contributed by atoms with Crippen molar-refractivity contribution in [3.8, 4) is 6.07 Å². The van der Waals surface area contributed by atoms with E-state index < -0.39 is 0 Å². The number of fused-ring (bicyclic) bond motifs is 2. The van der Waals surface area contributed by atoms with E-state index >= 15 is 0 Å². The van der Waals surface area contributed by atoms with Crippen LogP contribution in [0.5, 0.6) is 0 Å². The summed E-state index contributed by atoms with van der Waals surface area (Å²) in [6.45, 7) is 0. The fourth-order valence-corrected chi connectivity index (χ4v) is 3.68. The highest BCUT2D eigenvalue weighted by molar-refractivity contribution is 7.09. The molecule has 0 fully saturated rings. The van der Waals surface area contributed by atoms with Crippen molar-refractivity contribution in [3.63, 3.8) is 0 Å². The van der Waals surface area contributed by atoms with Gasteiger partial charge in [-0.05, 0) is 5.38 Å². The van der Waals surface area contributed by atoms with E-state index in [1.807, 2.05) is 21.5 Å². The number of halogens is 1. The number of thiophene rings is 2. The van der Waals surface area contributed by atoms with E-state index in [0.717, 1.165) is 28.0 Å².